The maximum atomic E-state index is 5.74. The van der Waals surface area contributed by atoms with Crippen molar-refractivity contribution in [2.45, 2.75) is 39.0 Å². The molecule has 1 N–H and O–H groups in total. The Bertz CT molecular complexity index is 206. The van der Waals surface area contributed by atoms with Crippen molar-refractivity contribution in [1.29, 1.82) is 0 Å². The first-order chi connectivity index (χ1) is 9.33. The molecule has 0 aromatic heterocycles. The smallest absolute Gasteiger partial charge is 0.0587 e. The minimum Gasteiger partial charge on any atom is -0.383 e. The summed E-state index contributed by atoms with van der Waals surface area (Å²) >= 11 is 0. The summed E-state index contributed by atoms with van der Waals surface area (Å²) in [4.78, 5) is 0. The van der Waals surface area contributed by atoms with Gasteiger partial charge in [-0.15, -0.1) is 0 Å². The summed E-state index contributed by atoms with van der Waals surface area (Å²) in [6.07, 6.45) is 5.80. The molecule has 1 saturated heterocycles. The molecule has 4 nitrogen and oxygen atoms in total. The number of methoxy groups -OCH3 is 1. The quantitative estimate of drug-likeness (QED) is 0.586. The first-order valence-corrected chi connectivity index (χ1v) is 7.68. The van der Waals surface area contributed by atoms with Crippen LogP contribution in [0.1, 0.15) is 39.0 Å². The lowest BCUT2D eigenvalue weighted by Crippen LogP contribution is -2.41. The van der Waals surface area contributed by atoms with Gasteiger partial charge < -0.3 is 19.5 Å². The van der Waals surface area contributed by atoms with Crippen molar-refractivity contribution < 1.29 is 14.2 Å². The molecule has 4 heteroatoms. The first-order valence-electron chi connectivity index (χ1n) is 7.68. The first kappa shape index (κ1) is 16.9. The van der Waals surface area contributed by atoms with E-state index in [1.54, 1.807) is 7.11 Å². The van der Waals surface area contributed by atoms with Crippen LogP contribution >= 0.6 is 0 Å². The normalized spacial score (nSPS) is 18.6. The van der Waals surface area contributed by atoms with Crippen molar-refractivity contribution in [1.82, 2.24) is 5.32 Å². The van der Waals surface area contributed by atoms with Crippen LogP contribution in [0, 0.1) is 5.41 Å². The molecule has 0 saturated carbocycles. The minimum atomic E-state index is 0.359. The zero-order chi connectivity index (χ0) is 13.8. The van der Waals surface area contributed by atoms with Crippen molar-refractivity contribution >= 4 is 0 Å². The molecular weight excluding hydrogens is 242 g/mol. The van der Waals surface area contributed by atoms with E-state index in [4.69, 9.17) is 14.2 Å². The highest BCUT2D eigenvalue weighted by molar-refractivity contribution is 4.84. The number of hydrogen-bond donors (Lipinski definition) is 1. The molecule has 0 amide bonds. The lowest BCUT2D eigenvalue weighted by atomic mass is 9.77. The van der Waals surface area contributed by atoms with Crippen LogP contribution in [0.3, 0.4) is 0 Å². The standard InChI is InChI=1S/C15H31NO3/c1-3-4-9-18-10-5-15(6-11-19-12-7-15)14-16-8-13-17-2/h16H,3-14H2,1-2H3. The van der Waals surface area contributed by atoms with E-state index in [0.29, 0.717) is 5.41 Å². The van der Waals surface area contributed by atoms with E-state index in [1.807, 2.05) is 0 Å². The van der Waals surface area contributed by atoms with Gasteiger partial charge in [-0.3, -0.25) is 0 Å². The molecule has 1 aliphatic rings. The second kappa shape index (κ2) is 10.6. The third kappa shape index (κ3) is 7.25. The van der Waals surface area contributed by atoms with Crippen molar-refractivity contribution in [3.63, 3.8) is 0 Å². The van der Waals surface area contributed by atoms with E-state index < -0.39 is 0 Å². The van der Waals surface area contributed by atoms with E-state index in [0.717, 1.165) is 65.4 Å². The van der Waals surface area contributed by atoms with Crippen LogP contribution in [0.5, 0.6) is 0 Å². The Hall–Kier alpha value is -0.160. The van der Waals surface area contributed by atoms with Gasteiger partial charge in [-0.25, -0.2) is 0 Å². The van der Waals surface area contributed by atoms with Crippen molar-refractivity contribution in [3.05, 3.63) is 0 Å². The largest absolute Gasteiger partial charge is 0.383 e. The summed E-state index contributed by atoms with van der Waals surface area (Å²) in [5, 5.41) is 3.51. The number of rotatable bonds is 11. The summed E-state index contributed by atoms with van der Waals surface area (Å²) in [5.74, 6) is 0. The highest BCUT2D eigenvalue weighted by atomic mass is 16.5. The molecule has 0 atom stereocenters. The molecular formula is C15H31NO3. The summed E-state index contributed by atoms with van der Waals surface area (Å²) in [6, 6.07) is 0. The Labute approximate surface area is 118 Å². The van der Waals surface area contributed by atoms with Gasteiger partial charge in [0.15, 0.2) is 0 Å². The lowest BCUT2D eigenvalue weighted by molar-refractivity contribution is -0.00687. The Morgan fingerprint density at radius 1 is 1.16 bits per heavy atom. The van der Waals surface area contributed by atoms with Gasteiger partial charge in [0.2, 0.25) is 0 Å². The van der Waals surface area contributed by atoms with E-state index >= 15 is 0 Å². The van der Waals surface area contributed by atoms with E-state index in [9.17, 15) is 0 Å². The van der Waals surface area contributed by atoms with Gasteiger partial charge in [-0.2, -0.15) is 0 Å². The molecule has 1 heterocycles. The molecule has 0 aliphatic carbocycles. The van der Waals surface area contributed by atoms with Gasteiger partial charge in [0.05, 0.1) is 6.61 Å². The predicted molar refractivity (Wildman–Crippen MR) is 77.6 cm³/mol. The predicted octanol–water partition coefficient (Wildman–Crippen LogP) is 2.23. The zero-order valence-electron chi connectivity index (χ0n) is 12.7. The number of hydrogen-bond acceptors (Lipinski definition) is 4. The second-order valence-corrected chi connectivity index (χ2v) is 5.50. The number of ether oxygens (including phenoxy) is 3. The summed E-state index contributed by atoms with van der Waals surface area (Å²) in [6.45, 7) is 8.52. The van der Waals surface area contributed by atoms with Crippen LogP contribution < -0.4 is 5.32 Å². The molecule has 1 aliphatic heterocycles. The molecule has 0 aromatic carbocycles. The van der Waals surface area contributed by atoms with Gasteiger partial charge in [0.1, 0.15) is 0 Å². The fraction of sp³-hybridized carbons (Fsp3) is 1.00. The van der Waals surface area contributed by atoms with Gasteiger partial charge in [0.25, 0.3) is 0 Å². The average Bonchev–Trinajstić information content (AvgIpc) is 2.45. The molecule has 0 unspecified atom stereocenters. The fourth-order valence-electron chi connectivity index (χ4n) is 2.48. The number of unbranched alkanes of at least 4 members (excludes halogenated alkanes) is 1. The molecule has 19 heavy (non-hydrogen) atoms. The average molecular weight is 273 g/mol. The third-order valence-corrected chi connectivity index (χ3v) is 3.96. The van der Waals surface area contributed by atoms with Crippen molar-refractivity contribution in [2.75, 3.05) is 53.2 Å². The Balaban J connectivity index is 2.24. The van der Waals surface area contributed by atoms with Crippen LogP contribution in [-0.2, 0) is 14.2 Å². The fourth-order valence-corrected chi connectivity index (χ4v) is 2.48. The molecule has 0 spiro atoms. The maximum Gasteiger partial charge on any atom is 0.0587 e. The topological polar surface area (TPSA) is 39.7 Å². The Morgan fingerprint density at radius 2 is 1.95 bits per heavy atom. The Morgan fingerprint density at radius 3 is 2.63 bits per heavy atom. The Kier molecular flexibility index (Phi) is 9.43. The third-order valence-electron chi connectivity index (χ3n) is 3.96. The lowest BCUT2D eigenvalue weighted by Gasteiger charge is -2.37. The zero-order valence-corrected chi connectivity index (χ0v) is 12.7. The van der Waals surface area contributed by atoms with E-state index in [2.05, 4.69) is 12.2 Å². The monoisotopic (exact) mass is 273 g/mol. The SMILES string of the molecule is CCCCOCCC1(CNCCOC)CCOCC1. The van der Waals surface area contributed by atoms with E-state index in [-0.39, 0.29) is 0 Å². The second-order valence-electron chi connectivity index (χ2n) is 5.50. The molecule has 1 rings (SSSR count). The van der Waals surface area contributed by atoms with Crippen LogP contribution in [0.25, 0.3) is 0 Å². The highest BCUT2D eigenvalue weighted by Gasteiger charge is 2.31. The minimum absolute atomic E-state index is 0.359. The van der Waals surface area contributed by atoms with Gasteiger partial charge in [0, 0.05) is 46.6 Å². The van der Waals surface area contributed by atoms with Crippen molar-refractivity contribution in [3.8, 4) is 0 Å². The molecule has 0 bridgehead atoms. The van der Waals surface area contributed by atoms with E-state index in [1.165, 1.54) is 12.8 Å². The molecule has 1 fully saturated rings. The van der Waals surface area contributed by atoms with Gasteiger partial charge >= 0.3 is 0 Å². The van der Waals surface area contributed by atoms with Crippen molar-refractivity contribution in [2.24, 2.45) is 5.41 Å². The summed E-state index contributed by atoms with van der Waals surface area (Å²) < 4.78 is 16.3. The molecule has 0 aromatic rings. The molecule has 114 valence electrons. The van der Waals surface area contributed by atoms with Crippen LogP contribution in [-0.4, -0.2) is 53.2 Å². The van der Waals surface area contributed by atoms with Crippen LogP contribution in [0.15, 0.2) is 0 Å². The van der Waals surface area contributed by atoms with Gasteiger partial charge in [-0.1, -0.05) is 13.3 Å². The van der Waals surface area contributed by atoms with Crippen LogP contribution in [0.2, 0.25) is 0 Å². The number of nitrogens with one attached hydrogen (secondary N) is 1. The molecule has 0 radical (unpaired) electrons. The summed E-state index contributed by atoms with van der Waals surface area (Å²) in [5.41, 5.74) is 0.359. The maximum absolute atomic E-state index is 5.74. The van der Waals surface area contributed by atoms with Crippen LogP contribution in [0.4, 0.5) is 0 Å². The van der Waals surface area contributed by atoms with Gasteiger partial charge in [-0.05, 0) is 31.1 Å². The highest BCUT2D eigenvalue weighted by Crippen LogP contribution is 2.33. The summed E-state index contributed by atoms with van der Waals surface area (Å²) in [7, 11) is 1.74.